The summed E-state index contributed by atoms with van der Waals surface area (Å²) in [4.78, 5) is 12.7. The maximum Gasteiger partial charge on any atom is 0.471 e. The SMILES string of the molecule is Cc1cc(Cl)ccc1NC(=S)N1CCC(NC(=O)C(F)(F)F)C1. The highest BCUT2D eigenvalue weighted by molar-refractivity contribution is 7.80. The monoisotopic (exact) mass is 365 g/mol. The van der Waals surface area contributed by atoms with Gasteiger partial charge in [-0.15, -0.1) is 0 Å². The Hall–Kier alpha value is -1.54. The molecule has 23 heavy (non-hydrogen) atoms. The summed E-state index contributed by atoms with van der Waals surface area (Å²) in [6.07, 6.45) is -4.46. The largest absolute Gasteiger partial charge is 0.471 e. The normalized spacial score (nSPS) is 18.0. The summed E-state index contributed by atoms with van der Waals surface area (Å²) in [5, 5.41) is 6.03. The molecule has 4 nitrogen and oxygen atoms in total. The van der Waals surface area contributed by atoms with Gasteiger partial charge in [0.2, 0.25) is 0 Å². The molecule has 0 radical (unpaired) electrons. The van der Waals surface area contributed by atoms with E-state index in [1.54, 1.807) is 23.1 Å². The first-order valence-electron chi connectivity index (χ1n) is 6.86. The van der Waals surface area contributed by atoms with E-state index >= 15 is 0 Å². The second kappa shape index (κ2) is 6.92. The summed E-state index contributed by atoms with van der Waals surface area (Å²) in [6.45, 7) is 2.58. The lowest BCUT2D eigenvalue weighted by Crippen LogP contribution is -2.45. The molecule has 1 atom stereocenters. The second-order valence-electron chi connectivity index (χ2n) is 5.29. The van der Waals surface area contributed by atoms with Crippen LogP contribution in [0.15, 0.2) is 18.2 Å². The van der Waals surface area contributed by atoms with Gasteiger partial charge in [-0.05, 0) is 49.3 Å². The van der Waals surface area contributed by atoms with Crippen LogP contribution in [0.4, 0.5) is 18.9 Å². The molecule has 2 rings (SSSR count). The van der Waals surface area contributed by atoms with Crippen molar-refractivity contribution in [3.8, 4) is 0 Å². The maximum absolute atomic E-state index is 12.2. The van der Waals surface area contributed by atoms with Crippen LogP contribution in [0.2, 0.25) is 5.02 Å². The average molecular weight is 366 g/mol. The van der Waals surface area contributed by atoms with Crippen molar-refractivity contribution in [2.24, 2.45) is 0 Å². The van der Waals surface area contributed by atoms with Crippen LogP contribution in [0.1, 0.15) is 12.0 Å². The number of hydrogen-bond donors (Lipinski definition) is 2. The zero-order valence-electron chi connectivity index (χ0n) is 12.2. The van der Waals surface area contributed by atoms with Crippen LogP contribution in [0.25, 0.3) is 0 Å². The number of benzene rings is 1. The highest BCUT2D eigenvalue weighted by atomic mass is 35.5. The zero-order chi connectivity index (χ0) is 17.2. The summed E-state index contributed by atoms with van der Waals surface area (Å²) < 4.78 is 36.7. The molecule has 1 aromatic carbocycles. The molecule has 1 unspecified atom stereocenters. The summed E-state index contributed by atoms with van der Waals surface area (Å²) in [6, 6.07) is 4.71. The van der Waals surface area contributed by atoms with Crippen LogP contribution in [-0.2, 0) is 4.79 Å². The van der Waals surface area contributed by atoms with Gasteiger partial charge in [-0.3, -0.25) is 4.79 Å². The van der Waals surface area contributed by atoms with Crippen molar-refractivity contribution in [1.29, 1.82) is 0 Å². The Kier molecular flexibility index (Phi) is 5.36. The van der Waals surface area contributed by atoms with Gasteiger partial charge in [0.05, 0.1) is 0 Å². The van der Waals surface area contributed by atoms with E-state index in [0.29, 0.717) is 23.1 Å². The van der Waals surface area contributed by atoms with Gasteiger partial charge in [-0.25, -0.2) is 0 Å². The van der Waals surface area contributed by atoms with Crippen LogP contribution >= 0.6 is 23.8 Å². The second-order valence-corrected chi connectivity index (χ2v) is 6.12. The number of halogens is 4. The lowest BCUT2D eigenvalue weighted by atomic mass is 10.2. The van der Waals surface area contributed by atoms with Gasteiger partial charge in [-0.2, -0.15) is 13.2 Å². The molecule has 1 aliphatic heterocycles. The summed E-state index contributed by atoms with van der Waals surface area (Å²) in [5.41, 5.74) is 1.68. The predicted molar refractivity (Wildman–Crippen MR) is 86.6 cm³/mol. The van der Waals surface area contributed by atoms with Gasteiger partial charge >= 0.3 is 12.1 Å². The van der Waals surface area contributed by atoms with E-state index in [-0.39, 0.29) is 6.54 Å². The lowest BCUT2D eigenvalue weighted by molar-refractivity contribution is -0.174. The standard InChI is InChI=1S/C14H15ClF3N3OS/c1-8-6-9(15)2-3-11(8)20-13(23)21-5-4-10(7-21)19-12(22)14(16,17)18/h2-3,6,10H,4-5,7H2,1H3,(H,19,22)(H,20,23). The van der Waals surface area contributed by atoms with E-state index in [9.17, 15) is 18.0 Å². The first-order valence-corrected chi connectivity index (χ1v) is 7.65. The van der Waals surface area contributed by atoms with Gasteiger partial charge in [0.15, 0.2) is 5.11 Å². The number of amides is 1. The Balaban J connectivity index is 1.91. The van der Waals surface area contributed by atoms with Crippen LogP contribution in [-0.4, -0.2) is 41.2 Å². The van der Waals surface area contributed by atoms with Gasteiger partial charge in [0, 0.05) is 29.8 Å². The fourth-order valence-electron chi connectivity index (χ4n) is 2.29. The van der Waals surface area contributed by atoms with Crippen molar-refractivity contribution in [1.82, 2.24) is 10.2 Å². The van der Waals surface area contributed by atoms with Crippen molar-refractivity contribution in [2.45, 2.75) is 25.6 Å². The molecule has 0 spiro atoms. The predicted octanol–water partition coefficient (Wildman–Crippen LogP) is 3.10. The number of hydrogen-bond acceptors (Lipinski definition) is 2. The molecular formula is C14H15ClF3N3OS. The van der Waals surface area contributed by atoms with Crippen molar-refractivity contribution < 1.29 is 18.0 Å². The molecule has 1 fully saturated rings. The quantitative estimate of drug-likeness (QED) is 0.790. The maximum atomic E-state index is 12.2. The van der Waals surface area contributed by atoms with E-state index in [1.807, 2.05) is 12.2 Å². The third-order valence-corrected chi connectivity index (χ3v) is 4.09. The van der Waals surface area contributed by atoms with Crippen LogP contribution in [0, 0.1) is 6.92 Å². The van der Waals surface area contributed by atoms with Gasteiger partial charge in [0.1, 0.15) is 0 Å². The number of rotatable bonds is 2. The topological polar surface area (TPSA) is 44.4 Å². The smallest absolute Gasteiger partial charge is 0.347 e. The molecular weight excluding hydrogens is 351 g/mol. The highest BCUT2D eigenvalue weighted by Gasteiger charge is 2.40. The van der Waals surface area contributed by atoms with Crippen LogP contribution < -0.4 is 10.6 Å². The van der Waals surface area contributed by atoms with Crippen LogP contribution in [0.3, 0.4) is 0 Å². The minimum Gasteiger partial charge on any atom is -0.347 e. The van der Waals surface area contributed by atoms with Gasteiger partial charge < -0.3 is 15.5 Å². The molecule has 1 aromatic rings. The van der Waals surface area contributed by atoms with Crippen molar-refractivity contribution in [3.05, 3.63) is 28.8 Å². The van der Waals surface area contributed by atoms with E-state index in [0.717, 1.165) is 11.3 Å². The molecule has 0 bridgehead atoms. The fourth-order valence-corrected chi connectivity index (χ4v) is 2.79. The first-order chi connectivity index (χ1) is 10.7. The Bertz CT molecular complexity index is 624. The van der Waals surface area contributed by atoms with E-state index in [1.165, 1.54) is 0 Å². The summed E-state index contributed by atoms with van der Waals surface area (Å²) in [5.74, 6) is -1.92. The van der Waals surface area contributed by atoms with Crippen molar-refractivity contribution in [3.63, 3.8) is 0 Å². The molecule has 1 aliphatic rings. The number of carbonyl (C=O) groups excluding carboxylic acids is 1. The van der Waals surface area contributed by atoms with E-state index in [4.69, 9.17) is 23.8 Å². The fraction of sp³-hybridized carbons (Fsp3) is 0.429. The summed E-state index contributed by atoms with van der Waals surface area (Å²) in [7, 11) is 0. The molecule has 0 saturated carbocycles. The Morgan fingerprint density at radius 3 is 2.74 bits per heavy atom. The molecule has 0 aromatic heterocycles. The average Bonchev–Trinajstić information content (AvgIpc) is 2.89. The van der Waals surface area contributed by atoms with E-state index < -0.39 is 18.1 Å². The number of alkyl halides is 3. The van der Waals surface area contributed by atoms with Gasteiger partial charge in [0.25, 0.3) is 0 Å². The third kappa shape index (κ3) is 4.71. The van der Waals surface area contributed by atoms with Crippen molar-refractivity contribution in [2.75, 3.05) is 18.4 Å². The molecule has 1 amide bonds. The minimum atomic E-state index is -4.87. The summed E-state index contributed by atoms with van der Waals surface area (Å²) >= 11 is 11.2. The molecule has 1 saturated heterocycles. The Morgan fingerprint density at radius 1 is 1.43 bits per heavy atom. The Labute approximate surface area is 142 Å². The number of anilines is 1. The number of nitrogens with one attached hydrogen (secondary N) is 2. The Morgan fingerprint density at radius 2 is 2.13 bits per heavy atom. The van der Waals surface area contributed by atoms with E-state index in [2.05, 4.69) is 5.32 Å². The molecule has 0 aliphatic carbocycles. The number of carbonyl (C=O) groups is 1. The minimum absolute atomic E-state index is 0.236. The van der Waals surface area contributed by atoms with Crippen LogP contribution in [0.5, 0.6) is 0 Å². The molecule has 9 heteroatoms. The number of aryl methyl sites for hydroxylation is 1. The molecule has 2 N–H and O–H groups in total. The zero-order valence-corrected chi connectivity index (χ0v) is 13.8. The third-order valence-electron chi connectivity index (χ3n) is 3.50. The van der Waals surface area contributed by atoms with Gasteiger partial charge in [-0.1, -0.05) is 11.6 Å². The number of likely N-dealkylation sites (tertiary alicyclic amines) is 1. The lowest BCUT2D eigenvalue weighted by Gasteiger charge is -2.22. The highest BCUT2D eigenvalue weighted by Crippen LogP contribution is 2.21. The van der Waals surface area contributed by atoms with Crippen molar-refractivity contribution >= 4 is 40.5 Å². The molecule has 1 heterocycles. The number of nitrogens with zero attached hydrogens (tertiary/aromatic N) is 1. The first kappa shape index (κ1) is 17.8. The number of thiocarbonyl (C=S) groups is 1. The molecule has 126 valence electrons.